The molecule has 1 saturated carbocycles. The van der Waals surface area contributed by atoms with Gasteiger partial charge >= 0.3 is 7.12 Å². The van der Waals surface area contributed by atoms with E-state index in [0.717, 1.165) is 18.4 Å². The van der Waals surface area contributed by atoms with Gasteiger partial charge in [-0.25, -0.2) is 0 Å². The minimum atomic E-state index is -1.49. The molecule has 2 rings (SSSR count). The van der Waals surface area contributed by atoms with Crippen LogP contribution in [-0.2, 0) is 5.54 Å². The molecule has 0 bridgehead atoms. The first-order chi connectivity index (χ1) is 6.51. The van der Waals surface area contributed by atoms with Gasteiger partial charge in [0, 0.05) is 11.2 Å². The molecule has 0 spiro atoms. The lowest BCUT2D eigenvalue weighted by atomic mass is 9.78. The van der Waals surface area contributed by atoms with E-state index in [1.54, 1.807) is 18.2 Å². The molecule has 0 unspecified atom stereocenters. The highest BCUT2D eigenvalue weighted by atomic mass is 16.4. The molecule has 0 aliphatic heterocycles. The van der Waals surface area contributed by atoms with Crippen LogP contribution in [0.2, 0.25) is 0 Å². The van der Waals surface area contributed by atoms with Crippen molar-refractivity contribution in [3.8, 4) is 0 Å². The van der Waals surface area contributed by atoms with E-state index in [-0.39, 0.29) is 5.54 Å². The Bertz CT molecular complexity index is 364. The average molecular weight is 192 g/mol. The fraction of sp³-hybridized carbons (Fsp3) is 0.333. The van der Waals surface area contributed by atoms with Crippen LogP contribution < -0.4 is 16.9 Å². The maximum Gasteiger partial charge on any atom is 0.488 e. The number of anilines is 1. The first-order valence-corrected chi connectivity index (χ1v) is 4.57. The number of hydrogen-bond acceptors (Lipinski definition) is 4. The molecule has 0 amide bonds. The Kier molecular flexibility index (Phi) is 2.03. The Morgan fingerprint density at radius 2 is 1.86 bits per heavy atom. The van der Waals surface area contributed by atoms with E-state index >= 15 is 0 Å². The van der Waals surface area contributed by atoms with Crippen molar-refractivity contribution in [3.05, 3.63) is 23.8 Å². The summed E-state index contributed by atoms with van der Waals surface area (Å²) in [5.74, 6) is 0. The summed E-state index contributed by atoms with van der Waals surface area (Å²) in [7, 11) is -1.49. The van der Waals surface area contributed by atoms with Gasteiger partial charge in [-0.15, -0.1) is 0 Å². The minimum Gasteiger partial charge on any atom is -0.423 e. The zero-order chi connectivity index (χ0) is 10.3. The van der Waals surface area contributed by atoms with Gasteiger partial charge in [0.1, 0.15) is 0 Å². The van der Waals surface area contributed by atoms with Crippen molar-refractivity contribution in [2.24, 2.45) is 5.73 Å². The Balaban J connectivity index is 2.42. The molecule has 74 valence electrons. The van der Waals surface area contributed by atoms with E-state index in [1.807, 2.05) is 0 Å². The number of nitrogens with two attached hydrogens (primary N) is 2. The van der Waals surface area contributed by atoms with Gasteiger partial charge in [0.05, 0.1) is 0 Å². The fourth-order valence-corrected chi connectivity index (χ4v) is 1.54. The Morgan fingerprint density at radius 1 is 1.21 bits per heavy atom. The van der Waals surface area contributed by atoms with Crippen molar-refractivity contribution in [2.45, 2.75) is 18.4 Å². The van der Waals surface area contributed by atoms with E-state index in [9.17, 15) is 0 Å². The molecule has 1 aromatic rings. The topological polar surface area (TPSA) is 92.5 Å². The van der Waals surface area contributed by atoms with Crippen LogP contribution in [0.1, 0.15) is 18.4 Å². The van der Waals surface area contributed by atoms with Crippen LogP contribution in [0.3, 0.4) is 0 Å². The Morgan fingerprint density at radius 3 is 2.36 bits per heavy atom. The van der Waals surface area contributed by atoms with E-state index in [1.165, 1.54) is 0 Å². The van der Waals surface area contributed by atoms with Crippen LogP contribution in [0.5, 0.6) is 0 Å². The molecule has 0 radical (unpaired) electrons. The van der Waals surface area contributed by atoms with E-state index in [4.69, 9.17) is 21.5 Å². The maximum absolute atomic E-state index is 9.02. The predicted molar refractivity (Wildman–Crippen MR) is 55.8 cm³/mol. The number of benzene rings is 1. The zero-order valence-electron chi connectivity index (χ0n) is 7.77. The second-order valence-corrected chi connectivity index (χ2v) is 3.92. The third-order valence-corrected chi connectivity index (χ3v) is 2.64. The van der Waals surface area contributed by atoms with E-state index in [0.29, 0.717) is 11.2 Å². The van der Waals surface area contributed by atoms with Crippen LogP contribution in [0.15, 0.2) is 18.2 Å². The first kappa shape index (κ1) is 9.52. The second-order valence-electron chi connectivity index (χ2n) is 3.92. The quantitative estimate of drug-likeness (QED) is 0.353. The summed E-state index contributed by atoms with van der Waals surface area (Å²) in [6.45, 7) is 0. The summed E-state index contributed by atoms with van der Waals surface area (Å²) in [6, 6.07) is 5.03. The molecular formula is C9H13BN2O2. The van der Waals surface area contributed by atoms with Crippen molar-refractivity contribution in [3.63, 3.8) is 0 Å². The maximum atomic E-state index is 9.02. The van der Waals surface area contributed by atoms with Gasteiger partial charge in [0.25, 0.3) is 0 Å². The third-order valence-electron chi connectivity index (χ3n) is 2.64. The Labute approximate surface area is 82.7 Å². The van der Waals surface area contributed by atoms with Crippen molar-refractivity contribution >= 4 is 18.3 Å². The summed E-state index contributed by atoms with van der Waals surface area (Å²) < 4.78 is 0. The zero-order valence-corrected chi connectivity index (χ0v) is 7.77. The van der Waals surface area contributed by atoms with Crippen LogP contribution in [0, 0.1) is 0 Å². The van der Waals surface area contributed by atoms with Crippen LogP contribution >= 0.6 is 0 Å². The van der Waals surface area contributed by atoms with Gasteiger partial charge in [0.2, 0.25) is 0 Å². The highest BCUT2D eigenvalue weighted by Crippen LogP contribution is 2.42. The van der Waals surface area contributed by atoms with Gasteiger partial charge < -0.3 is 21.5 Å². The monoisotopic (exact) mass is 192 g/mol. The van der Waals surface area contributed by atoms with Crippen molar-refractivity contribution in [1.29, 1.82) is 0 Å². The summed E-state index contributed by atoms with van der Waals surface area (Å²) in [4.78, 5) is 0. The van der Waals surface area contributed by atoms with Crippen LogP contribution in [-0.4, -0.2) is 17.2 Å². The lowest BCUT2D eigenvalue weighted by Gasteiger charge is -2.12. The largest absolute Gasteiger partial charge is 0.488 e. The van der Waals surface area contributed by atoms with Gasteiger partial charge in [-0.2, -0.15) is 0 Å². The molecule has 14 heavy (non-hydrogen) atoms. The van der Waals surface area contributed by atoms with Crippen molar-refractivity contribution in [1.82, 2.24) is 0 Å². The highest BCUT2D eigenvalue weighted by molar-refractivity contribution is 6.58. The first-order valence-electron chi connectivity index (χ1n) is 4.57. The summed E-state index contributed by atoms with van der Waals surface area (Å²) in [5, 5.41) is 18.0. The smallest absolute Gasteiger partial charge is 0.423 e. The number of nitrogen functional groups attached to an aromatic ring is 1. The SMILES string of the molecule is Nc1cc(B(O)O)cc(C2(N)CC2)c1. The van der Waals surface area contributed by atoms with E-state index in [2.05, 4.69) is 0 Å². The molecule has 1 aromatic carbocycles. The van der Waals surface area contributed by atoms with Crippen LogP contribution in [0.25, 0.3) is 0 Å². The average Bonchev–Trinajstić information content (AvgIpc) is 2.84. The van der Waals surface area contributed by atoms with Gasteiger partial charge in [-0.3, -0.25) is 0 Å². The molecule has 0 atom stereocenters. The second kappa shape index (κ2) is 2.98. The molecule has 6 N–H and O–H groups in total. The molecular weight excluding hydrogens is 179 g/mol. The fourth-order valence-electron chi connectivity index (χ4n) is 1.54. The van der Waals surface area contributed by atoms with Crippen molar-refractivity contribution in [2.75, 3.05) is 5.73 Å². The highest BCUT2D eigenvalue weighted by Gasteiger charge is 2.40. The molecule has 4 nitrogen and oxygen atoms in total. The molecule has 1 aliphatic rings. The summed E-state index contributed by atoms with van der Waals surface area (Å²) in [5.41, 5.74) is 13.1. The normalized spacial score (nSPS) is 17.9. The number of rotatable bonds is 2. The number of hydrogen-bond donors (Lipinski definition) is 4. The molecule has 5 heteroatoms. The Hall–Kier alpha value is -1.04. The lowest BCUT2D eigenvalue weighted by Crippen LogP contribution is -2.32. The molecule has 1 aliphatic carbocycles. The molecule has 0 aromatic heterocycles. The molecule has 1 fully saturated rings. The van der Waals surface area contributed by atoms with Gasteiger partial charge in [0.15, 0.2) is 0 Å². The van der Waals surface area contributed by atoms with E-state index < -0.39 is 7.12 Å². The lowest BCUT2D eigenvalue weighted by molar-refractivity contribution is 0.425. The minimum absolute atomic E-state index is 0.293. The summed E-state index contributed by atoms with van der Waals surface area (Å²) in [6.07, 6.45) is 1.86. The molecule has 0 heterocycles. The standard InChI is InChI=1S/C9H13BN2O2/c11-8-4-6(9(12)1-2-9)3-7(5-8)10(13)14/h3-5,13-14H,1-2,11-12H2. The van der Waals surface area contributed by atoms with Gasteiger partial charge in [-0.05, 0) is 36.0 Å². The van der Waals surface area contributed by atoms with Gasteiger partial charge in [-0.1, -0.05) is 6.07 Å². The van der Waals surface area contributed by atoms with Crippen molar-refractivity contribution < 1.29 is 10.0 Å². The van der Waals surface area contributed by atoms with Crippen LogP contribution in [0.4, 0.5) is 5.69 Å². The third kappa shape index (κ3) is 1.62. The molecule has 0 saturated heterocycles. The summed E-state index contributed by atoms with van der Waals surface area (Å²) >= 11 is 0. The predicted octanol–water partition coefficient (Wildman–Crippen LogP) is -1.10.